The summed E-state index contributed by atoms with van der Waals surface area (Å²) in [6.07, 6.45) is 0. The van der Waals surface area contributed by atoms with Gasteiger partial charge in [-0.3, -0.25) is 4.79 Å². The van der Waals surface area contributed by atoms with Crippen LogP contribution in [0.15, 0.2) is 18.2 Å². The molecule has 1 aromatic carbocycles. The van der Waals surface area contributed by atoms with Crippen LogP contribution in [0, 0.1) is 11.3 Å². The lowest BCUT2D eigenvalue weighted by molar-refractivity contribution is 0.0963. The van der Waals surface area contributed by atoms with Gasteiger partial charge >= 0.3 is 0 Å². The third kappa shape index (κ3) is 2.60. The Morgan fingerprint density at radius 3 is 2.38 bits per heavy atom. The molecule has 0 saturated heterocycles. The quantitative estimate of drug-likeness (QED) is 0.782. The van der Waals surface area contributed by atoms with Crippen molar-refractivity contribution < 1.29 is 4.79 Å². The second kappa shape index (κ2) is 4.36. The predicted octanol–water partition coefficient (Wildman–Crippen LogP) is 2.22. The Balaban J connectivity index is 3.34. The molecule has 1 N–H and O–H groups in total. The van der Waals surface area contributed by atoms with Gasteiger partial charge < -0.3 is 5.32 Å². The maximum absolute atomic E-state index is 11.5. The molecule has 0 unspecified atom stereocenters. The fourth-order valence-electron chi connectivity index (χ4n) is 1.40. The number of carbonyl (C=O) groups excluding carboxylic acids is 1. The molecule has 3 nitrogen and oxygen atoms in total. The summed E-state index contributed by atoms with van der Waals surface area (Å²) in [5, 5.41) is 11.5. The largest absolute Gasteiger partial charge is 0.355 e. The van der Waals surface area contributed by atoms with Crippen molar-refractivity contribution in [2.45, 2.75) is 26.2 Å². The van der Waals surface area contributed by atoms with E-state index in [-0.39, 0.29) is 11.3 Å². The fourth-order valence-corrected chi connectivity index (χ4v) is 1.40. The first kappa shape index (κ1) is 12.3. The average molecular weight is 216 g/mol. The van der Waals surface area contributed by atoms with E-state index in [0.29, 0.717) is 11.1 Å². The summed E-state index contributed by atoms with van der Waals surface area (Å²) in [6, 6.07) is 7.34. The van der Waals surface area contributed by atoms with E-state index in [2.05, 4.69) is 32.2 Å². The van der Waals surface area contributed by atoms with Gasteiger partial charge in [-0.15, -0.1) is 0 Å². The summed E-state index contributed by atoms with van der Waals surface area (Å²) < 4.78 is 0. The number of rotatable bonds is 1. The van der Waals surface area contributed by atoms with E-state index in [1.165, 1.54) is 0 Å². The Morgan fingerprint density at radius 1 is 1.31 bits per heavy atom. The number of amides is 1. The van der Waals surface area contributed by atoms with Gasteiger partial charge in [0.15, 0.2) is 0 Å². The minimum absolute atomic E-state index is 0.0738. The van der Waals surface area contributed by atoms with Gasteiger partial charge in [0.05, 0.1) is 11.6 Å². The SMILES string of the molecule is CNC(=O)c1cc(C#N)cc(C(C)(C)C)c1. The average Bonchev–Trinajstić information content (AvgIpc) is 2.26. The van der Waals surface area contributed by atoms with E-state index >= 15 is 0 Å². The number of hydrogen-bond donors (Lipinski definition) is 1. The van der Waals surface area contributed by atoms with Gasteiger partial charge in [0.1, 0.15) is 0 Å². The van der Waals surface area contributed by atoms with Crippen molar-refractivity contribution in [1.29, 1.82) is 5.26 Å². The molecule has 3 heteroatoms. The van der Waals surface area contributed by atoms with E-state index in [1.54, 1.807) is 13.1 Å². The Labute approximate surface area is 96.1 Å². The molecule has 0 atom stereocenters. The lowest BCUT2D eigenvalue weighted by Crippen LogP contribution is -2.20. The van der Waals surface area contributed by atoms with Crippen LogP contribution in [0.25, 0.3) is 0 Å². The summed E-state index contributed by atoms with van der Waals surface area (Å²) >= 11 is 0. The molecular weight excluding hydrogens is 200 g/mol. The zero-order chi connectivity index (χ0) is 12.3. The standard InChI is InChI=1S/C13H16N2O/c1-13(2,3)11-6-9(8-14)5-10(7-11)12(16)15-4/h5-7H,1-4H3,(H,15,16). The third-order valence-corrected chi connectivity index (χ3v) is 2.42. The minimum atomic E-state index is -0.164. The summed E-state index contributed by atoms with van der Waals surface area (Å²) in [7, 11) is 1.58. The van der Waals surface area contributed by atoms with Crippen molar-refractivity contribution in [1.82, 2.24) is 5.32 Å². The first-order valence-corrected chi connectivity index (χ1v) is 5.16. The van der Waals surface area contributed by atoms with Crippen molar-refractivity contribution in [3.05, 3.63) is 34.9 Å². The molecule has 1 aromatic rings. The van der Waals surface area contributed by atoms with Gasteiger partial charge in [0, 0.05) is 12.6 Å². The molecule has 16 heavy (non-hydrogen) atoms. The third-order valence-electron chi connectivity index (χ3n) is 2.42. The molecule has 1 amide bonds. The van der Waals surface area contributed by atoms with Crippen molar-refractivity contribution in [2.24, 2.45) is 0 Å². The number of nitrogens with one attached hydrogen (secondary N) is 1. The van der Waals surface area contributed by atoms with Crippen LogP contribution in [0.1, 0.15) is 42.3 Å². The smallest absolute Gasteiger partial charge is 0.251 e. The van der Waals surface area contributed by atoms with Gasteiger partial charge in [0.25, 0.3) is 5.91 Å². The zero-order valence-electron chi connectivity index (χ0n) is 10.1. The van der Waals surface area contributed by atoms with Gasteiger partial charge in [-0.05, 0) is 29.2 Å². The second-order valence-electron chi connectivity index (χ2n) is 4.74. The van der Waals surface area contributed by atoms with Crippen LogP contribution in [0.3, 0.4) is 0 Å². The molecule has 0 aliphatic heterocycles. The molecule has 0 radical (unpaired) electrons. The first-order chi connectivity index (χ1) is 7.38. The number of nitrogens with zero attached hydrogens (tertiary/aromatic N) is 1. The van der Waals surface area contributed by atoms with Crippen LogP contribution < -0.4 is 5.32 Å². The molecule has 0 heterocycles. The highest BCUT2D eigenvalue weighted by Gasteiger charge is 2.17. The van der Waals surface area contributed by atoms with Crippen molar-refractivity contribution >= 4 is 5.91 Å². The van der Waals surface area contributed by atoms with Crippen molar-refractivity contribution in [3.63, 3.8) is 0 Å². The molecule has 0 saturated carbocycles. The predicted molar refractivity (Wildman–Crippen MR) is 63.2 cm³/mol. The highest BCUT2D eigenvalue weighted by Crippen LogP contribution is 2.24. The summed E-state index contributed by atoms with van der Waals surface area (Å²) in [6.45, 7) is 6.16. The number of nitriles is 1. The molecular formula is C13H16N2O. The van der Waals surface area contributed by atoms with Gasteiger partial charge in [-0.2, -0.15) is 5.26 Å². The summed E-state index contributed by atoms with van der Waals surface area (Å²) in [5.74, 6) is -0.164. The van der Waals surface area contributed by atoms with Gasteiger partial charge in [-0.1, -0.05) is 20.8 Å². The number of carbonyl (C=O) groups is 1. The van der Waals surface area contributed by atoms with Crippen LogP contribution in [-0.4, -0.2) is 13.0 Å². The van der Waals surface area contributed by atoms with E-state index < -0.39 is 0 Å². The number of benzene rings is 1. The van der Waals surface area contributed by atoms with Crippen LogP contribution in [0.4, 0.5) is 0 Å². The zero-order valence-corrected chi connectivity index (χ0v) is 10.1. The Morgan fingerprint density at radius 2 is 1.94 bits per heavy atom. The molecule has 1 rings (SSSR count). The van der Waals surface area contributed by atoms with Crippen LogP contribution in [0.2, 0.25) is 0 Å². The lowest BCUT2D eigenvalue weighted by Gasteiger charge is -2.20. The lowest BCUT2D eigenvalue weighted by atomic mass is 9.85. The maximum Gasteiger partial charge on any atom is 0.251 e. The van der Waals surface area contributed by atoms with E-state index in [4.69, 9.17) is 5.26 Å². The van der Waals surface area contributed by atoms with E-state index in [0.717, 1.165) is 5.56 Å². The Hall–Kier alpha value is -1.82. The van der Waals surface area contributed by atoms with Gasteiger partial charge in [0.2, 0.25) is 0 Å². The van der Waals surface area contributed by atoms with Gasteiger partial charge in [-0.25, -0.2) is 0 Å². The molecule has 0 aliphatic carbocycles. The summed E-state index contributed by atoms with van der Waals surface area (Å²) in [5.41, 5.74) is 1.97. The first-order valence-electron chi connectivity index (χ1n) is 5.16. The molecule has 84 valence electrons. The van der Waals surface area contributed by atoms with E-state index in [9.17, 15) is 4.79 Å². The van der Waals surface area contributed by atoms with Crippen molar-refractivity contribution in [3.8, 4) is 6.07 Å². The molecule has 0 aromatic heterocycles. The van der Waals surface area contributed by atoms with E-state index in [1.807, 2.05) is 12.1 Å². The Bertz CT molecular complexity index is 450. The normalized spacial score (nSPS) is 10.7. The van der Waals surface area contributed by atoms with Crippen LogP contribution >= 0.6 is 0 Å². The van der Waals surface area contributed by atoms with Crippen LogP contribution in [0.5, 0.6) is 0 Å². The number of hydrogen-bond acceptors (Lipinski definition) is 2. The van der Waals surface area contributed by atoms with Crippen molar-refractivity contribution in [2.75, 3.05) is 7.05 Å². The fraction of sp³-hybridized carbons (Fsp3) is 0.385. The monoisotopic (exact) mass is 216 g/mol. The highest BCUT2D eigenvalue weighted by atomic mass is 16.1. The molecule has 0 fully saturated rings. The highest BCUT2D eigenvalue weighted by molar-refractivity contribution is 5.94. The Kier molecular flexibility index (Phi) is 3.34. The molecule has 0 spiro atoms. The molecule has 0 aliphatic rings. The minimum Gasteiger partial charge on any atom is -0.355 e. The van der Waals surface area contributed by atoms with Crippen LogP contribution in [-0.2, 0) is 5.41 Å². The summed E-state index contributed by atoms with van der Waals surface area (Å²) in [4.78, 5) is 11.5. The molecule has 0 bridgehead atoms. The second-order valence-corrected chi connectivity index (χ2v) is 4.74. The topological polar surface area (TPSA) is 52.9 Å². The maximum atomic E-state index is 11.5.